The Bertz CT molecular complexity index is 1290. The summed E-state index contributed by atoms with van der Waals surface area (Å²) in [5.41, 5.74) is 6.84. The number of nitrogens with zero attached hydrogens (tertiary/aromatic N) is 4. The molecule has 0 radical (unpaired) electrons. The van der Waals surface area contributed by atoms with E-state index in [0.29, 0.717) is 6.54 Å². The van der Waals surface area contributed by atoms with Crippen LogP contribution in [0.15, 0.2) is 83.7 Å². The van der Waals surface area contributed by atoms with Crippen molar-refractivity contribution in [3.05, 3.63) is 112 Å². The van der Waals surface area contributed by atoms with E-state index >= 15 is 0 Å². The number of nitrogens with one attached hydrogen (secondary N) is 1. The van der Waals surface area contributed by atoms with Gasteiger partial charge in [-0.2, -0.15) is 0 Å². The molecule has 0 bridgehead atoms. The van der Waals surface area contributed by atoms with Gasteiger partial charge in [-0.15, -0.1) is 0 Å². The van der Waals surface area contributed by atoms with E-state index in [4.69, 9.17) is 12.2 Å². The van der Waals surface area contributed by atoms with Crippen LogP contribution in [0.1, 0.15) is 40.3 Å². The van der Waals surface area contributed by atoms with Crippen LogP contribution in [0.4, 0.5) is 0 Å². The smallest absolute Gasteiger partial charge is 0.170 e. The van der Waals surface area contributed by atoms with Crippen molar-refractivity contribution in [3.63, 3.8) is 0 Å². The summed E-state index contributed by atoms with van der Waals surface area (Å²) in [5.74, 6) is 0. The molecule has 4 aromatic rings. The van der Waals surface area contributed by atoms with Crippen molar-refractivity contribution in [2.45, 2.75) is 32.5 Å². The molecule has 2 unspecified atom stereocenters. The van der Waals surface area contributed by atoms with Crippen molar-refractivity contribution in [1.29, 1.82) is 0 Å². The zero-order chi connectivity index (χ0) is 22.9. The molecule has 1 aliphatic rings. The molecule has 7 heteroatoms. The molecule has 33 heavy (non-hydrogen) atoms. The number of hydrogen-bond acceptors (Lipinski definition) is 3. The fourth-order valence-corrected chi connectivity index (χ4v) is 5.39. The van der Waals surface area contributed by atoms with Crippen LogP contribution in [0.5, 0.6) is 0 Å². The number of hydrogen-bond donors (Lipinski definition) is 1. The molecule has 0 saturated carbocycles. The summed E-state index contributed by atoms with van der Waals surface area (Å²) in [6, 6.07) is 20.7. The quantitative estimate of drug-likeness (QED) is 0.338. The molecule has 1 aliphatic heterocycles. The van der Waals surface area contributed by atoms with Gasteiger partial charge in [0, 0.05) is 46.7 Å². The van der Waals surface area contributed by atoms with Gasteiger partial charge < -0.3 is 14.8 Å². The highest BCUT2D eigenvalue weighted by Gasteiger charge is 2.41. The van der Waals surface area contributed by atoms with Crippen LogP contribution in [-0.2, 0) is 6.54 Å². The van der Waals surface area contributed by atoms with Crippen molar-refractivity contribution in [1.82, 2.24) is 24.8 Å². The van der Waals surface area contributed by atoms with E-state index in [1.165, 1.54) is 17.0 Å². The van der Waals surface area contributed by atoms with Gasteiger partial charge in [-0.25, -0.2) is 0 Å². The molecule has 1 fully saturated rings. The minimum atomic E-state index is -0.0492. The average molecular weight is 518 g/mol. The lowest BCUT2D eigenvalue weighted by Crippen LogP contribution is -2.29. The Balaban J connectivity index is 1.62. The number of aryl methyl sites for hydroxylation is 1. The standard InChI is InChI=1S/C26H24BrN5S/c1-17-13-22(18(2)32(17)21-9-5-8-20(27)14-21)25-24(23-10-3-4-12-29-23)30-26(33)31(25)16-19-7-6-11-28-15-19/h3-15,24-25H,16H2,1-2H3,(H,30,33). The van der Waals surface area contributed by atoms with Gasteiger partial charge in [0.25, 0.3) is 0 Å². The van der Waals surface area contributed by atoms with E-state index in [1.807, 2.05) is 36.7 Å². The Morgan fingerprint density at radius 1 is 1.03 bits per heavy atom. The zero-order valence-electron chi connectivity index (χ0n) is 18.4. The van der Waals surface area contributed by atoms with Crippen LogP contribution < -0.4 is 5.32 Å². The fraction of sp³-hybridized carbons (Fsp3) is 0.192. The third-order valence-corrected chi connectivity index (χ3v) is 6.97. The molecule has 1 N–H and O–H groups in total. The van der Waals surface area contributed by atoms with Gasteiger partial charge in [-0.1, -0.05) is 34.1 Å². The third-order valence-electron chi connectivity index (χ3n) is 6.13. The number of rotatable bonds is 5. The number of pyridine rings is 2. The first-order valence-corrected chi connectivity index (χ1v) is 12.0. The number of benzene rings is 1. The minimum absolute atomic E-state index is 0.000269. The largest absolute Gasteiger partial charge is 0.352 e. The van der Waals surface area contributed by atoms with Crippen LogP contribution >= 0.6 is 28.1 Å². The molecular formula is C26H24BrN5S. The fourth-order valence-electron chi connectivity index (χ4n) is 4.70. The normalized spacial score (nSPS) is 17.9. The molecular weight excluding hydrogens is 494 g/mol. The summed E-state index contributed by atoms with van der Waals surface area (Å²) < 4.78 is 3.36. The van der Waals surface area contributed by atoms with Gasteiger partial charge in [-0.3, -0.25) is 9.97 Å². The number of aromatic nitrogens is 3. The molecule has 3 aromatic heterocycles. The first-order valence-electron chi connectivity index (χ1n) is 10.8. The third kappa shape index (κ3) is 4.18. The summed E-state index contributed by atoms with van der Waals surface area (Å²) in [7, 11) is 0. The average Bonchev–Trinajstić information content (AvgIpc) is 3.30. The predicted octanol–water partition coefficient (Wildman–Crippen LogP) is 5.82. The van der Waals surface area contributed by atoms with Crippen LogP contribution in [0.25, 0.3) is 5.69 Å². The minimum Gasteiger partial charge on any atom is -0.352 e. The van der Waals surface area contributed by atoms with Gasteiger partial charge in [-0.05, 0) is 79.7 Å². The van der Waals surface area contributed by atoms with Crippen molar-refractivity contribution in [2.24, 2.45) is 0 Å². The van der Waals surface area contributed by atoms with E-state index in [9.17, 15) is 0 Å². The van der Waals surface area contributed by atoms with E-state index in [-0.39, 0.29) is 12.1 Å². The SMILES string of the molecule is Cc1cc(C2C(c3ccccn3)NC(=S)N2Cc2cccnc2)c(C)n1-c1cccc(Br)c1. The molecule has 166 valence electrons. The zero-order valence-corrected chi connectivity index (χ0v) is 20.8. The Labute approximate surface area is 207 Å². The summed E-state index contributed by atoms with van der Waals surface area (Å²) in [5, 5.41) is 4.28. The second kappa shape index (κ2) is 9.08. The van der Waals surface area contributed by atoms with Crippen molar-refractivity contribution in [2.75, 3.05) is 0 Å². The first-order chi connectivity index (χ1) is 16.0. The summed E-state index contributed by atoms with van der Waals surface area (Å²) in [6.07, 6.45) is 5.54. The van der Waals surface area contributed by atoms with Gasteiger partial charge in [0.2, 0.25) is 0 Å². The molecule has 5 rings (SSSR count). The van der Waals surface area contributed by atoms with E-state index < -0.39 is 0 Å². The van der Waals surface area contributed by atoms with Gasteiger partial charge in [0.1, 0.15) is 0 Å². The van der Waals surface area contributed by atoms with Crippen LogP contribution in [0.2, 0.25) is 0 Å². The monoisotopic (exact) mass is 517 g/mol. The molecule has 1 saturated heterocycles. The highest BCUT2D eigenvalue weighted by molar-refractivity contribution is 9.10. The highest BCUT2D eigenvalue weighted by Crippen LogP contribution is 2.42. The molecule has 0 aliphatic carbocycles. The first kappa shape index (κ1) is 21.8. The number of halogens is 1. The summed E-state index contributed by atoms with van der Waals surface area (Å²) >= 11 is 9.45. The Kier molecular flexibility index (Phi) is 6.00. The summed E-state index contributed by atoms with van der Waals surface area (Å²) in [4.78, 5) is 11.2. The van der Waals surface area contributed by atoms with E-state index in [2.05, 4.69) is 90.9 Å². The second-order valence-corrected chi connectivity index (χ2v) is 9.56. The second-order valence-electron chi connectivity index (χ2n) is 8.26. The number of thiocarbonyl (C=S) groups is 1. The molecule has 2 atom stereocenters. The molecule has 0 spiro atoms. The van der Waals surface area contributed by atoms with Gasteiger partial charge in [0.15, 0.2) is 5.11 Å². The summed E-state index contributed by atoms with van der Waals surface area (Å²) in [6.45, 7) is 5.01. The van der Waals surface area contributed by atoms with E-state index in [0.717, 1.165) is 26.5 Å². The Hall–Kier alpha value is -3.03. The Morgan fingerprint density at radius 2 is 1.91 bits per heavy atom. The predicted molar refractivity (Wildman–Crippen MR) is 138 cm³/mol. The maximum Gasteiger partial charge on any atom is 0.170 e. The van der Waals surface area contributed by atoms with Crippen LogP contribution in [0.3, 0.4) is 0 Å². The maximum atomic E-state index is 5.84. The van der Waals surface area contributed by atoms with Gasteiger partial charge in [0.05, 0.1) is 17.8 Å². The molecule has 5 nitrogen and oxygen atoms in total. The van der Waals surface area contributed by atoms with Gasteiger partial charge >= 0.3 is 0 Å². The van der Waals surface area contributed by atoms with Crippen molar-refractivity contribution < 1.29 is 0 Å². The molecule has 4 heterocycles. The van der Waals surface area contributed by atoms with Crippen molar-refractivity contribution in [3.8, 4) is 5.69 Å². The maximum absolute atomic E-state index is 5.84. The van der Waals surface area contributed by atoms with Crippen LogP contribution in [0, 0.1) is 13.8 Å². The lowest BCUT2D eigenvalue weighted by atomic mass is 9.96. The topological polar surface area (TPSA) is 46.0 Å². The lowest BCUT2D eigenvalue weighted by molar-refractivity contribution is 0.310. The highest BCUT2D eigenvalue weighted by atomic mass is 79.9. The lowest BCUT2D eigenvalue weighted by Gasteiger charge is -2.28. The molecule has 0 amide bonds. The van der Waals surface area contributed by atoms with E-state index in [1.54, 1.807) is 6.20 Å². The Morgan fingerprint density at radius 3 is 2.64 bits per heavy atom. The van der Waals surface area contributed by atoms with Crippen LogP contribution in [-0.4, -0.2) is 24.5 Å². The van der Waals surface area contributed by atoms with Crippen molar-refractivity contribution >= 4 is 33.3 Å². The molecule has 1 aromatic carbocycles.